The largest absolute Gasteiger partial charge is 0.426 e. The molecular weight excluding hydrogens is 377 g/mol. The van der Waals surface area contributed by atoms with E-state index in [0.29, 0.717) is 13.2 Å². The van der Waals surface area contributed by atoms with Crippen molar-refractivity contribution in [2.75, 3.05) is 12.3 Å². The van der Waals surface area contributed by atoms with Gasteiger partial charge in [0.2, 0.25) is 5.95 Å². The van der Waals surface area contributed by atoms with E-state index < -0.39 is 8.60 Å². The monoisotopic (exact) mass is 397 g/mol. The molecule has 9 heteroatoms. The molecule has 2 aromatic heterocycles. The van der Waals surface area contributed by atoms with Gasteiger partial charge < -0.3 is 19.3 Å². The lowest BCUT2D eigenvalue weighted by molar-refractivity contribution is 0.168. The molecule has 1 aliphatic carbocycles. The zero-order chi connectivity index (χ0) is 19.1. The maximum Gasteiger partial charge on any atom is 0.397 e. The number of benzene rings is 1. The lowest BCUT2D eigenvalue weighted by atomic mass is 10.1. The van der Waals surface area contributed by atoms with E-state index in [1.807, 2.05) is 35.8 Å². The second-order valence-corrected chi connectivity index (χ2v) is 8.08. The van der Waals surface area contributed by atoms with Crippen molar-refractivity contribution >= 4 is 25.7 Å². The van der Waals surface area contributed by atoms with Gasteiger partial charge in [0.1, 0.15) is 11.3 Å². The summed E-state index contributed by atoms with van der Waals surface area (Å²) < 4.78 is 19.5. The number of aromatic nitrogens is 4. The Labute approximate surface area is 163 Å². The van der Waals surface area contributed by atoms with E-state index in [9.17, 15) is 0 Å². The van der Waals surface area contributed by atoms with Crippen molar-refractivity contribution in [3.8, 4) is 5.75 Å². The van der Waals surface area contributed by atoms with Gasteiger partial charge in [-0.3, -0.25) is 4.52 Å². The molecule has 5 rings (SSSR count). The summed E-state index contributed by atoms with van der Waals surface area (Å²) in [6, 6.07) is 8.04. The number of para-hydroxylation sites is 1. The predicted molar refractivity (Wildman–Crippen MR) is 105 cm³/mol. The zero-order valence-corrected chi connectivity index (χ0v) is 16.3. The third kappa shape index (κ3) is 3.24. The topological polar surface area (TPSA) is 97.3 Å². The van der Waals surface area contributed by atoms with Gasteiger partial charge >= 0.3 is 8.60 Å². The van der Waals surface area contributed by atoms with Crippen molar-refractivity contribution < 1.29 is 13.6 Å². The number of fused-ring (bicyclic) bond motifs is 2. The normalized spacial score (nSPS) is 23.7. The van der Waals surface area contributed by atoms with Gasteiger partial charge in [0, 0.05) is 11.5 Å². The van der Waals surface area contributed by atoms with Crippen molar-refractivity contribution in [2.45, 2.75) is 26.0 Å². The van der Waals surface area contributed by atoms with Gasteiger partial charge in [0.25, 0.3) is 0 Å². The quantitative estimate of drug-likeness (QED) is 0.530. The minimum absolute atomic E-state index is 0.161. The minimum Gasteiger partial charge on any atom is -0.426 e. The van der Waals surface area contributed by atoms with Gasteiger partial charge in [-0.05, 0) is 19.4 Å². The van der Waals surface area contributed by atoms with Crippen LogP contribution in [0.2, 0.25) is 0 Å². The molecule has 0 amide bonds. The SMILES string of the molecule is Cc1nc(N)nc2c1ncn2C1C=CC(COP2OCc3ccccc3O2)C1. The Morgan fingerprint density at radius 2 is 2.18 bits per heavy atom. The summed E-state index contributed by atoms with van der Waals surface area (Å²) in [5.41, 5.74) is 9.21. The molecule has 0 bridgehead atoms. The van der Waals surface area contributed by atoms with E-state index in [2.05, 4.69) is 27.1 Å². The molecule has 0 radical (unpaired) electrons. The van der Waals surface area contributed by atoms with E-state index in [0.717, 1.165) is 34.6 Å². The maximum absolute atomic E-state index is 5.91. The first-order valence-electron chi connectivity index (χ1n) is 9.14. The highest BCUT2D eigenvalue weighted by Crippen LogP contribution is 2.47. The van der Waals surface area contributed by atoms with Crippen LogP contribution in [0.5, 0.6) is 5.75 Å². The standard InChI is InChI=1S/C19H20N5O3P/c1-12-17-18(23-19(20)22-12)24(11-21-17)15-7-6-13(8-15)9-25-28-26-10-14-4-2-3-5-16(14)27-28/h2-7,11,13,15H,8-10H2,1H3,(H2,20,22,23). The second-order valence-electron chi connectivity index (χ2n) is 6.93. The van der Waals surface area contributed by atoms with Crippen molar-refractivity contribution in [1.82, 2.24) is 19.5 Å². The van der Waals surface area contributed by atoms with E-state index >= 15 is 0 Å². The number of rotatable bonds is 4. The highest BCUT2D eigenvalue weighted by Gasteiger charge is 2.27. The molecule has 0 saturated heterocycles. The zero-order valence-electron chi connectivity index (χ0n) is 15.4. The number of nitrogens with zero attached hydrogens (tertiary/aromatic N) is 4. The number of imidazole rings is 1. The Morgan fingerprint density at radius 3 is 3.11 bits per heavy atom. The number of nitrogens with two attached hydrogens (primary N) is 1. The molecule has 3 aromatic rings. The van der Waals surface area contributed by atoms with Crippen molar-refractivity contribution in [3.05, 3.63) is 54.0 Å². The summed E-state index contributed by atoms with van der Waals surface area (Å²) in [4.78, 5) is 13.0. The average molecular weight is 397 g/mol. The summed E-state index contributed by atoms with van der Waals surface area (Å²) in [5.74, 6) is 1.38. The number of allylic oxidation sites excluding steroid dienone is 1. The smallest absolute Gasteiger partial charge is 0.397 e. The van der Waals surface area contributed by atoms with Crippen LogP contribution in [-0.4, -0.2) is 26.1 Å². The van der Waals surface area contributed by atoms with Crippen molar-refractivity contribution in [1.29, 1.82) is 0 Å². The molecule has 3 heterocycles. The van der Waals surface area contributed by atoms with E-state index in [1.165, 1.54) is 0 Å². The van der Waals surface area contributed by atoms with Gasteiger partial charge in [-0.25, -0.2) is 9.97 Å². The molecule has 3 unspecified atom stereocenters. The molecule has 144 valence electrons. The van der Waals surface area contributed by atoms with Gasteiger partial charge in [-0.2, -0.15) is 4.98 Å². The van der Waals surface area contributed by atoms with Crippen LogP contribution in [0, 0.1) is 12.8 Å². The van der Waals surface area contributed by atoms with Crippen LogP contribution in [0.25, 0.3) is 11.2 Å². The summed E-state index contributed by atoms with van der Waals surface area (Å²) >= 11 is 0. The third-order valence-electron chi connectivity index (χ3n) is 4.98. The van der Waals surface area contributed by atoms with Crippen LogP contribution in [0.1, 0.15) is 23.7 Å². The molecule has 28 heavy (non-hydrogen) atoms. The summed E-state index contributed by atoms with van der Waals surface area (Å²) in [6.07, 6.45) is 7.03. The highest BCUT2D eigenvalue weighted by atomic mass is 31.2. The summed E-state index contributed by atoms with van der Waals surface area (Å²) in [7, 11) is -1.36. The Hall–Kier alpha value is -2.54. The molecule has 2 aliphatic rings. The average Bonchev–Trinajstić information content (AvgIpc) is 3.33. The number of hydrogen-bond acceptors (Lipinski definition) is 7. The van der Waals surface area contributed by atoms with Crippen molar-refractivity contribution in [3.63, 3.8) is 0 Å². The molecule has 8 nitrogen and oxygen atoms in total. The number of anilines is 1. The van der Waals surface area contributed by atoms with E-state index in [1.54, 1.807) is 6.33 Å². The predicted octanol–water partition coefficient (Wildman–Crippen LogP) is 3.69. The van der Waals surface area contributed by atoms with E-state index in [-0.39, 0.29) is 17.9 Å². The highest BCUT2D eigenvalue weighted by molar-refractivity contribution is 7.42. The molecule has 1 aliphatic heterocycles. The van der Waals surface area contributed by atoms with Gasteiger partial charge in [0.05, 0.1) is 31.3 Å². The fraction of sp³-hybridized carbons (Fsp3) is 0.316. The molecule has 1 aromatic carbocycles. The van der Waals surface area contributed by atoms with Gasteiger partial charge in [-0.15, -0.1) is 0 Å². The molecule has 0 spiro atoms. The first-order valence-corrected chi connectivity index (χ1v) is 10.2. The molecule has 2 N–H and O–H groups in total. The summed E-state index contributed by atoms with van der Waals surface area (Å²) in [6.45, 7) is 2.96. The number of nitrogen functional groups attached to an aromatic ring is 1. The molecular formula is C19H20N5O3P. The first kappa shape index (κ1) is 17.6. The number of hydrogen-bond donors (Lipinski definition) is 1. The maximum atomic E-state index is 5.91. The van der Waals surface area contributed by atoms with Crippen LogP contribution in [0.4, 0.5) is 5.95 Å². The van der Waals surface area contributed by atoms with Crippen LogP contribution >= 0.6 is 8.60 Å². The Balaban J connectivity index is 1.22. The summed E-state index contributed by atoms with van der Waals surface area (Å²) in [5, 5.41) is 0. The van der Waals surface area contributed by atoms with Gasteiger partial charge in [-0.1, -0.05) is 30.4 Å². The third-order valence-corrected chi connectivity index (χ3v) is 6.03. The molecule has 0 fully saturated rings. The van der Waals surface area contributed by atoms with Crippen LogP contribution < -0.4 is 10.3 Å². The fourth-order valence-corrected chi connectivity index (χ4v) is 4.64. The lowest BCUT2D eigenvalue weighted by Gasteiger charge is -2.24. The van der Waals surface area contributed by atoms with Gasteiger partial charge in [0.15, 0.2) is 5.65 Å². The lowest BCUT2D eigenvalue weighted by Crippen LogP contribution is -2.12. The van der Waals surface area contributed by atoms with E-state index in [4.69, 9.17) is 19.3 Å². The molecule has 3 atom stereocenters. The van der Waals surface area contributed by atoms with Crippen LogP contribution in [-0.2, 0) is 15.7 Å². The Bertz CT molecular complexity index is 1050. The number of aryl methyl sites for hydroxylation is 1. The first-order chi connectivity index (χ1) is 13.7. The molecule has 0 saturated carbocycles. The Morgan fingerprint density at radius 1 is 1.29 bits per heavy atom. The fourth-order valence-electron chi connectivity index (χ4n) is 3.57. The Kier molecular flexibility index (Phi) is 4.47. The minimum atomic E-state index is -1.36. The van der Waals surface area contributed by atoms with Crippen LogP contribution in [0.15, 0.2) is 42.7 Å². The van der Waals surface area contributed by atoms with Crippen molar-refractivity contribution in [2.24, 2.45) is 5.92 Å². The second kappa shape index (κ2) is 7.13. The van der Waals surface area contributed by atoms with Crippen LogP contribution in [0.3, 0.4) is 0 Å².